The van der Waals surface area contributed by atoms with Crippen LogP contribution in [0.25, 0.3) is 0 Å². The summed E-state index contributed by atoms with van der Waals surface area (Å²) >= 11 is 0. The number of rotatable bonds is 3. The number of anilines is 3. The Bertz CT molecular complexity index is 916. The molecule has 1 saturated carbocycles. The number of carbonyl (C=O) groups excluding carboxylic acids is 2. The minimum atomic E-state index is -0.308. The fraction of sp³-hybridized carbons (Fsp3) is 0.421. The molecule has 9 nitrogen and oxygen atoms in total. The fourth-order valence-electron chi connectivity index (χ4n) is 3.94. The highest BCUT2D eigenvalue weighted by Crippen LogP contribution is 2.39. The van der Waals surface area contributed by atoms with Crippen molar-refractivity contribution in [3.8, 4) is 0 Å². The first-order valence-electron chi connectivity index (χ1n) is 9.62. The number of nitrogens with zero attached hydrogens (tertiary/aromatic N) is 5. The number of urea groups is 1. The summed E-state index contributed by atoms with van der Waals surface area (Å²) in [5, 5.41) is 5.80. The maximum absolute atomic E-state index is 13.0. The molecule has 28 heavy (non-hydrogen) atoms. The van der Waals surface area contributed by atoms with Crippen molar-refractivity contribution in [2.45, 2.75) is 37.8 Å². The van der Waals surface area contributed by atoms with Gasteiger partial charge in [-0.15, -0.1) is 0 Å². The number of fused-ring (bicyclic) bond motifs is 4. The average Bonchev–Trinajstić information content (AvgIpc) is 3.09. The molecule has 2 aromatic heterocycles. The van der Waals surface area contributed by atoms with Crippen LogP contribution in [0.4, 0.5) is 22.1 Å². The molecule has 0 radical (unpaired) electrons. The number of aromatic nitrogens is 3. The normalized spacial score (nSPS) is 20.4. The van der Waals surface area contributed by atoms with E-state index in [4.69, 9.17) is 0 Å². The van der Waals surface area contributed by atoms with Crippen molar-refractivity contribution < 1.29 is 9.59 Å². The van der Waals surface area contributed by atoms with Gasteiger partial charge >= 0.3 is 6.03 Å². The lowest BCUT2D eigenvalue weighted by Crippen LogP contribution is -2.48. The Morgan fingerprint density at radius 3 is 2.79 bits per heavy atom. The third kappa shape index (κ3) is 2.92. The van der Waals surface area contributed by atoms with Crippen molar-refractivity contribution in [2.24, 2.45) is 0 Å². The van der Waals surface area contributed by atoms with E-state index in [9.17, 15) is 9.59 Å². The summed E-state index contributed by atoms with van der Waals surface area (Å²) in [6.07, 6.45) is 8.61. The molecule has 1 unspecified atom stereocenters. The van der Waals surface area contributed by atoms with Gasteiger partial charge in [-0.2, -0.15) is 0 Å². The van der Waals surface area contributed by atoms with Crippen LogP contribution in [0.5, 0.6) is 0 Å². The van der Waals surface area contributed by atoms with E-state index in [0.29, 0.717) is 17.3 Å². The van der Waals surface area contributed by atoms with Crippen LogP contribution in [-0.2, 0) is 0 Å². The molecular formula is C19H21N7O2. The lowest BCUT2D eigenvalue weighted by atomic mass is 9.93. The summed E-state index contributed by atoms with van der Waals surface area (Å²) in [5.41, 5.74) is 1.22. The van der Waals surface area contributed by atoms with Crippen molar-refractivity contribution in [3.05, 3.63) is 36.4 Å². The van der Waals surface area contributed by atoms with Crippen LogP contribution in [0.1, 0.15) is 36.2 Å². The van der Waals surface area contributed by atoms with Crippen LogP contribution in [0.3, 0.4) is 0 Å². The van der Waals surface area contributed by atoms with Crippen LogP contribution in [0, 0.1) is 0 Å². The molecule has 0 aromatic carbocycles. The molecule has 3 amide bonds. The Labute approximate surface area is 162 Å². The van der Waals surface area contributed by atoms with Gasteiger partial charge in [-0.25, -0.2) is 14.8 Å². The van der Waals surface area contributed by atoms with Gasteiger partial charge in [0, 0.05) is 31.5 Å². The van der Waals surface area contributed by atoms with Crippen LogP contribution in [0.2, 0.25) is 0 Å². The first-order valence-corrected chi connectivity index (χ1v) is 9.62. The third-order valence-corrected chi connectivity index (χ3v) is 5.64. The fourth-order valence-corrected chi connectivity index (χ4v) is 3.94. The summed E-state index contributed by atoms with van der Waals surface area (Å²) in [6, 6.07) is 3.58. The van der Waals surface area contributed by atoms with E-state index in [0.717, 1.165) is 44.5 Å². The van der Waals surface area contributed by atoms with E-state index in [1.165, 1.54) is 12.4 Å². The van der Waals surface area contributed by atoms with Crippen LogP contribution in [-0.4, -0.2) is 52.1 Å². The monoisotopic (exact) mass is 379 g/mol. The molecule has 2 fully saturated rings. The molecule has 2 N–H and O–H groups in total. The van der Waals surface area contributed by atoms with Gasteiger partial charge in [0.25, 0.3) is 5.91 Å². The third-order valence-electron chi connectivity index (χ3n) is 5.64. The highest BCUT2D eigenvalue weighted by Gasteiger charge is 2.40. The highest BCUT2D eigenvalue weighted by atomic mass is 16.2. The molecule has 4 heterocycles. The zero-order valence-electron chi connectivity index (χ0n) is 15.3. The molecule has 5 rings (SSSR count). The average molecular weight is 379 g/mol. The lowest BCUT2D eigenvalue weighted by molar-refractivity contribution is 0.0912. The van der Waals surface area contributed by atoms with E-state index in [2.05, 4.69) is 30.5 Å². The predicted octanol–water partition coefficient (Wildman–Crippen LogP) is 1.78. The molecular weight excluding hydrogens is 358 g/mol. The Kier molecular flexibility index (Phi) is 4.07. The van der Waals surface area contributed by atoms with E-state index < -0.39 is 0 Å². The number of nitrogens with one attached hydrogen (secondary N) is 2. The second-order valence-electron chi connectivity index (χ2n) is 7.42. The largest absolute Gasteiger partial charge is 0.366 e. The van der Waals surface area contributed by atoms with Gasteiger partial charge in [0.05, 0.1) is 17.9 Å². The molecule has 2 bridgehead atoms. The van der Waals surface area contributed by atoms with Gasteiger partial charge in [0.15, 0.2) is 11.6 Å². The van der Waals surface area contributed by atoms with E-state index in [1.54, 1.807) is 17.2 Å². The van der Waals surface area contributed by atoms with Crippen LogP contribution < -0.4 is 20.4 Å². The molecule has 3 aliphatic rings. The molecule has 9 heteroatoms. The number of hydrogen-bond donors (Lipinski definition) is 2. The van der Waals surface area contributed by atoms with Gasteiger partial charge < -0.3 is 10.2 Å². The van der Waals surface area contributed by atoms with Crippen molar-refractivity contribution in [1.82, 2.24) is 20.3 Å². The minimum Gasteiger partial charge on any atom is -0.366 e. The maximum atomic E-state index is 13.0. The molecule has 2 aliphatic heterocycles. The van der Waals surface area contributed by atoms with Gasteiger partial charge in [0.2, 0.25) is 0 Å². The summed E-state index contributed by atoms with van der Waals surface area (Å²) in [7, 11) is 0. The zero-order chi connectivity index (χ0) is 19.1. The van der Waals surface area contributed by atoms with Gasteiger partial charge in [-0.3, -0.25) is 20.0 Å². The summed E-state index contributed by atoms with van der Waals surface area (Å²) in [5.74, 6) is 0.722. The first-order chi connectivity index (χ1) is 13.7. The van der Waals surface area contributed by atoms with Crippen molar-refractivity contribution in [3.63, 3.8) is 0 Å². The van der Waals surface area contributed by atoms with Crippen molar-refractivity contribution >= 4 is 29.3 Å². The summed E-state index contributed by atoms with van der Waals surface area (Å²) in [4.78, 5) is 42.1. The lowest BCUT2D eigenvalue weighted by Gasteiger charge is -2.35. The maximum Gasteiger partial charge on any atom is 0.329 e. The quantitative estimate of drug-likeness (QED) is 0.843. The van der Waals surface area contributed by atoms with Gasteiger partial charge in [0.1, 0.15) is 5.69 Å². The summed E-state index contributed by atoms with van der Waals surface area (Å²) in [6.45, 7) is 1.62. The van der Waals surface area contributed by atoms with E-state index in [1.807, 2.05) is 6.07 Å². The Hall–Kier alpha value is -3.23. The standard InChI is InChI=1S/C19H21N7O2/c27-18(22-12-2-1-3-12)14-4-5-15-17(23-14)26(13-6-9-25(15)11-13)19(28)24-16-10-20-7-8-21-16/h4-5,7-8,10,12-13H,1-3,6,9,11H2,(H,22,27)(H,21,24,28). The summed E-state index contributed by atoms with van der Waals surface area (Å²) < 4.78 is 0. The van der Waals surface area contributed by atoms with E-state index in [-0.39, 0.29) is 24.0 Å². The van der Waals surface area contributed by atoms with Crippen molar-refractivity contribution in [2.75, 3.05) is 28.2 Å². The SMILES string of the molecule is O=C(NC1CCC1)c1ccc2c(n1)N(C(=O)Nc1cnccn1)C1CCN2C1. The molecule has 1 aliphatic carbocycles. The Morgan fingerprint density at radius 1 is 1.14 bits per heavy atom. The van der Waals surface area contributed by atoms with Crippen LogP contribution in [0.15, 0.2) is 30.7 Å². The van der Waals surface area contributed by atoms with Crippen molar-refractivity contribution in [1.29, 1.82) is 0 Å². The molecule has 1 saturated heterocycles. The van der Waals surface area contributed by atoms with Gasteiger partial charge in [-0.05, 0) is 37.8 Å². The Balaban J connectivity index is 1.45. The second kappa shape index (κ2) is 6.74. The number of hydrogen-bond acceptors (Lipinski definition) is 6. The van der Waals surface area contributed by atoms with Gasteiger partial charge in [-0.1, -0.05) is 0 Å². The predicted molar refractivity (Wildman–Crippen MR) is 103 cm³/mol. The Morgan fingerprint density at radius 2 is 2.04 bits per heavy atom. The topological polar surface area (TPSA) is 103 Å². The first kappa shape index (κ1) is 16.9. The molecule has 144 valence electrons. The minimum absolute atomic E-state index is 0.0154. The molecule has 0 spiro atoms. The number of pyridine rings is 1. The number of carbonyl (C=O) groups is 2. The van der Waals surface area contributed by atoms with E-state index >= 15 is 0 Å². The molecule has 1 atom stereocenters. The van der Waals surface area contributed by atoms with Crippen LogP contribution >= 0.6 is 0 Å². The zero-order valence-corrected chi connectivity index (χ0v) is 15.3. The second-order valence-corrected chi connectivity index (χ2v) is 7.42. The smallest absolute Gasteiger partial charge is 0.329 e. The highest BCUT2D eigenvalue weighted by molar-refractivity contribution is 6.04. The number of amides is 3. The molecule has 2 aromatic rings.